The van der Waals surface area contributed by atoms with Gasteiger partial charge in [0.1, 0.15) is 17.4 Å². The largest absolute Gasteiger partial charge is 0.497 e. The van der Waals surface area contributed by atoms with E-state index in [9.17, 15) is 8.78 Å². The number of hydrogen-bond donors (Lipinski definition) is 2. The number of rotatable bonds is 9. The van der Waals surface area contributed by atoms with Crippen LogP contribution in [0.2, 0.25) is 0 Å². The number of hydrogen-bond acceptors (Lipinski definition) is 3. The molecule has 0 aliphatic heterocycles. The Labute approximate surface area is 196 Å². The van der Waals surface area contributed by atoms with Crippen LogP contribution < -0.4 is 10.6 Å². The number of halogens is 2. The summed E-state index contributed by atoms with van der Waals surface area (Å²) in [5.74, 6) is 0.218. The van der Waals surface area contributed by atoms with Crippen molar-refractivity contribution >= 4 is 11.4 Å². The molecule has 2 rings (SSSR count). The first-order valence-corrected chi connectivity index (χ1v) is 10.7. The fourth-order valence-corrected chi connectivity index (χ4v) is 2.76. The van der Waals surface area contributed by atoms with Crippen LogP contribution in [0.1, 0.15) is 34.1 Å². The predicted octanol–water partition coefficient (Wildman–Crippen LogP) is 8.36. The number of anilines is 2. The van der Waals surface area contributed by atoms with E-state index in [0.717, 1.165) is 23.5 Å². The van der Waals surface area contributed by atoms with Crippen LogP contribution in [0.5, 0.6) is 0 Å². The molecule has 0 bridgehead atoms. The van der Waals surface area contributed by atoms with E-state index in [1.807, 2.05) is 0 Å². The maximum absolute atomic E-state index is 12.8. The van der Waals surface area contributed by atoms with Crippen molar-refractivity contribution in [3.63, 3.8) is 0 Å². The second-order valence-electron chi connectivity index (χ2n) is 7.29. The van der Waals surface area contributed by atoms with Gasteiger partial charge >= 0.3 is 0 Å². The number of allylic oxidation sites excluding steroid dienone is 6. The molecule has 0 aromatic heterocycles. The molecule has 0 saturated carbocycles. The van der Waals surface area contributed by atoms with Crippen molar-refractivity contribution in [2.24, 2.45) is 0 Å². The van der Waals surface area contributed by atoms with E-state index in [1.165, 1.54) is 35.4 Å². The highest BCUT2D eigenvalue weighted by molar-refractivity contribution is 5.54. The lowest BCUT2D eigenvalue weighted by Crippen LogP contribution is -2.03. The van der Waals surface area contributed by atoms with Crippen molar-refractivity contribution in [3.05, 3.63) is 120 Å². The maximum Gasteiger partial charge on any atom is 0.123 e. The number of benzene rings is 2. The summed E-state index contributed by atoms with van der Waals surface area (Å²) in [6.45, 7) is 11.9. The summed E-state index contributed by atoms with van der Waals surface area (Å²) in [6, 6.07) is 12.5. The maximum atomic E-state index is 12.8. The Kier molecular flexibility index (Phi) is 12.7. The molecular weight excluding hydrogens is 418 g/mol. The van der Waals surface area contributed by atoms with Gasteiger partial charge in [0.15, 0.2) is 0 Å². The van der Waals surface area contributed by atoms with Crippen molar-refractivity contribution in [1.29, 1.82) is 0 Å². The topological polar surface area (TPSA) is 33.3 Å². The van der Waals surface area contributed by atoms with Gasteiger partial charge in [0.2, 0.25) is 0 Å². The van der Waals surface area contributed by atoms with Crippen LogP contribution in [-0.2, 0) is 4.74 Å². The SMILES string of the molecule is C=C/C(=C\C=C\Nc1ccc(F)cc1)OC.CC/C=C(/C)C(Nc1ccc(F)cc1)=C(C)C. The first kappa shape index (κ1) is 27.4. The fourth-order valence-electron chi connectivity index (χ4n) is 2.76. The molecule has 0 saturated heterocycles. The average Bonchev–Trinajstić information content (AvgIpc) is 2.80. The summed E-state index contributed by atoms with van der Waals surface area (Å²) in [5, 5.41) is 6.33. The zero-order valence-electron chi connectivity index (χ0n) is 20.1. The van der Waals surface area contributed by atoms with Gasteiger partial charge in [-0.15, -0.1) is 0 Å². The van der Waals surface area contributed by atoms with Crippen molar-refractivity contribution < 1.29 is 13.5 Å². The molecule has 0 aliphatic carbocycles. The molecule has 3 nitrogen and oxygen atoms in total. The monoisotopic (exact) mass is 452 g/mol. The van der Waals surface area contributed by atoms with Gasteiger partial charge in [-0.2, -0.15) is 0 Å². The molecule has 5 heteroatoms. The Bertz CT molecular complexity index is 982. The molecule has 0 spiro atoms. The summed E-state index contributed by atoms with van der Waals surface area (Å²) < 4.78 is 30.4. The molecule has 0 atom stereocenters. The van der Waals surface area contributed by atoms with Crippen LogP contribution in [0.25, 0.3) is 0 Å². The first-order valence-electron chi connectivity index (χ1n) is 10.7. The van der Waals surface area contributed by atoms with Gasteiger partial charge in [0, 0.05) is 23.3 Å². The van der Waals surface area contributed by atoms with Crippen LogP contribution >= 0.6 is 0 Å². The third-order valence-corrected chi connectivity index (χ3v) is 4.41. The Balaban J connectivity index is 0.000000331. The van der Waals surface area contributed by atoms with E-state index in [1.54, 1.807) is 55.8 Å². The van der Waals surface area contributed by atoms with Crippen LogP contribution in [0.15, 0.2) is 108 Å². The van der Waals surface area contributed by atoms with Crippen molar-refractivity contribution in [1.82, 2.24) is 0 Å². The zero-order valence-corrected chi connectivity index (χ0v) is 20.1. The second kappa shape index (κ2) is 15.2. The van der Waals surface area contributed by atoms with Gasteiger partial charge in [-0.1, -0.05) is 25.2 Å². The standard InChI is InChI=1S/C15H20FN.C13H14FNO/c1-5-6-12(4)15(11(2)3)17-14-9-7-13(16)8-10-14;1-3-13(16-2)5-4-10-15-12-8-6-11(14)7-9-12/h6-10,17H,5H2,1-4H3;3-10,15H,1H2,2H3/b12-6-;10-4+,13-5+. The minimum Gasteiger partial charge on any atom is -0.497 e. The number of ether oxygens (including phenoxy) is 1. The Morgan fingerprint density at radius 1 is 0.939 bits per heavy atom. The van der Waals surface area contributed by atoms with Crippen molar-refractivity contribution in [2.75, 3.05) is 17.7 Å². The van der Waals surface area contributed by atoms with E-state index in [-0.39, 0.29) is 11.6 Å². The van der Waals surface area contributed by atoms with Gasteiger partial charge in [0.25, 0.3) is 0 Å². The van der Waals surface area contributed by atoms with Crippen LogP contribution in [0, 0.1) is 11.6 Å². The average molecular weight is 453 g/mol. The minimum absolute atomic E-state index is 0.213. The lowest BCUT2D eigenvalue weighted by molar-refractivity contribution is 0.307. The zero-order chi connectivity index (χ0) is 24.6. The molecule has 0 unspecified atom stereocenters. The van der Waals surface area contributed by atoms with E-state index in [0.29, 0.717) is 5.76 Å². The Morgan fingerprint density at radius 3 is 1.94 bits per heavy atom. The second-order valence-corrected chi connectivity index (χ2v) is 7.29. The van der Waals surface area contributed by atoms with Crippen molar-refractivity contribution in [2.45, 2.75) is 34.1 Å². The highest BCUT2D eigenvalue weighted by Gasteiger charge is 2.03. The van der Waals surface area contributed by atoms with E-state index in [2.05, 4.69) is 51.0 Å². The summed E-state index contributed by atoms with van der Waals surface area (Å²) in [4.78, 5) is 0. The quantitative estimate of drug-likeness (QED) is 0.296. The molecule has 0 fully saturated rings. The van der Waals surface area contributed by atoms with E-state index >= 15 is 0 Å². The Morgan fingerprint density at radius 2 is 1.48 bits per heavy atom. The van der Waals surface area contributed by atoms with Gasteiger partial charge in [-0.3, -0.25) is 0 Å². The molecular formula is C28H34F2N2O. The molecule has 0 radical (unpaired) electrons. The normalized spacial score (nSPS) is 11.4. The molecule has 0 aliphatic rings. The fraction of sp³-hybridized carbons (Fsp3) is 0.214. The minimum atomic E-state index is -0.247. The first-order chi connectivity index (χ1) is 15.8. The van der Waals surface area contributed by atoms with Crippen LogP contribution in [0.3, 0.4) is 0 Å². The summed E-state index contributed by atoms with van der Waals surface area (Å²) >= 11 is 0. The smallest absolute Gasteiger partial charge is 0.123 e. The molecule has 0 amide bonds. The number of nitrogens with one attached hydrogen (secondary N) is 2. The number of methoxy groups -OCH3 is 1. The summed E-state index contributed by atoms with van der Waals surface area (Å²) in [5.41, 5.74) is 5.28. The van der Waals surface area contributed by atoms with E-state index < -0.39 is 0 Å². The molecule has 176 valence electrons. The van der Waals surface area contributed by atoms with Gasteiger partial charge in [0.05, 0.1) is 7.11 Å². The highest BCUT2D eigenvalue weighted by atomic mass is 19.1. The third-order valence-electron chi connectivity index (χ3n) is 4.41. The predicted molar refractivity (Wildman–Crippen MR) is 137 cm³/mol. The van der Waals surface area contributed by atoms with Crippen molar-refractivity contribution in [3.8, 4) is 0 Å². The Hall–Kier alpha value is -3.60. The summed E-state index contributed by atoms with van der Waals surface area (Å²) in [7, 11) is 1.58. The van der Waals surface area contributed by atoms with Gasteiger partial charge < -0.3 is 15.4 Å². The molecule has 0 heterocycles. The van der Waals surface area contributed by atoms with Gasteiger partial charge in [-0.05, 0) is 99.5 Å². The molecule has 2 N–H and O–H groups in total. The van der Waals surface area contributed by atoms with Gasteiger partial charge in [-0.25, -0.2) is 8.78 Å². The van der Waals surface area contributed by atoms with Crippen LogP contribution in [0.4, 0.5) is 20.2 Å². The van der Waals surface area contributed by atoms with E-state index in [4.69, 9.17) is 4.74 Å². The summed E-state index contributed by atoms with van der Waals surface area (Å²) in [6.07, 6.45) is 10.1. The lowest BCUT2D eigenvalue weighted by Gasteiger charge is -2.14. The lowest BCUT2D eigenvalue weighted by atomic mass is 10.1. The molecule has 2 aromatic rings. The third kappa shape index (κ3) is 11.0. The molecule has 2 aromatic carbocycles. The molecule has 33 heavy (non-hydrogen) atoms. The van der Waals surface area contributed by atoms with Crippen LogP contribution in [-0.4, -0.2) is 7.11 Å². The highest BCUT2D eigenvalue weighted by Crippen LogP contribution is 2.19.